The molecule has 0 saturated carbocycles. The summed E-state index contributed by atoms with van der Waals surface area (Å²) in [6, 6.07) is 22.0. The number of carbonyl (C=O) groups is 6. The molecule has 0 aliphatic carbocycles. The van der Waals surface area contributed by atoms with Crippen LogP contribution in [0.3, 0.4) is 0 Å². The second kappa shape index (κ2) is 22.2. The third-order valence-electron chi connectivity index (χ3n) is 10.5. The zero-order chi connectivity index (χ0) is 43.0. The molecular weight excluding hydrogens is 771 g/mol. The first-order chi connectivity index (χ1) is 29.0. The molecule has 4 N–H and O–H groups in total. The number of amides is 5. The van der Waals surface area contributed by atoms with E-state index in [0.717, 1.165) is 11.1 Å². The van der Waals surface area contributed by atoms with Crippen LogP contribution >= 0.6 is 0 Å². The standard InChI is InChI=1S/C44H55N7O9/c1-4-50(26-25-49(3)30(2)52)44(57)59-33-27-37(40(54)46-35(20-13-14-24-45)39(53)41-47-34-19-11-12-21-38(34)60-41)51(28-33)42(55)36(23-22-31-15-7-5-8-16-31)48-43(56)58-29-32-17-9-6-10-18-32/h5-12,15-19,21,33,35-37H,4,13-14,20,22-29,45H2,1-3H3,(H,46,54)(H,48,56)/t33-,35+,36-,37+/m1/s1. The molecule has 1 aliphatic rings. The fourth-order valence-corrected chi connectivity index (χ4v) is 6.88. The topological polar surface area (TPSA) is 207 Å². The Bertz CT molecular complexity index is 2030. The van der Waals surface area contributed by atoms with E-state index in [1.165, 1.54) is 21.6 Å². The van der Waals surface area contributed by atoms with E-state index >= 15 is 0 Å². The lowest BCUT2D eigenvalue weighted by Crippen LogP contribution is -2.55. The molecule has 320 valence electrons. The van der Waals surface area contributed by atoms with Crippen molar-refractivity contribution in [3.05, 3.63) is 102 Å². The number of ketones is 1. The molecule has 0 radical (unpaired) electrons. The van der Waals surface area contributed by atoms with Gasteiger partial charge >= 0.3 is 12.2 Å². The van der Waals surface area contributed by atoms with E-state index in [0.29, 0.717) is 36.9 Å². The van der Waals surface area contributed by atoms with Gasteiger partial charge in [0, 0.05) is 40.0 Å². The van der Waals surface area contributed by atoms with Crippen molar-refractivity contribution >= 4 is 46.8 Å². The SMILES string of the molecule is CCN(CCN(C)C(C)=O)C(=O)O[C@@H]1C[C@@H](C(=O)N[C@@H](CCCCN)C(=O)c2nc3ccccc3o2)N(C(=O)[C@@H](CCc2ccccc2)NC(=O)OCc2ccccc2)C1. The molecular formula is C44H55N7O9. The Morgan fingerprint density at radius 1 is 0.883 bits per heavy atom. The normalized spacial score (nSPS) is 15.8. The molecule has 5 rings (SSSR count). The Morgan fingerprint density at radius 2 is 1.57 bits per heavy atom. The molecule has 1 fully saturated rings. The number of hydrogen-bond donors (Lipinski definition) is 3. The molecule has 4 aromatic rings. The van der Waals surface area contributed by atoms with E-state index in [-0.39, 0.29) is 63.8 Å². The molecule has 16 nitrogen and oxygen atoms in total. The first-order valence-electron chi connectivity index (χ1n) is 20.4. The largest absolute Gasteiger partial charge is 0.445 e. The number of nitrogens with zero attached hydrogens (tertiary/aromatic N) is 4. The third-order valence-corrected chi connectivity index (χ3v) is 10.5. The molecule has 4 atom stereocenters. The smallest absolute Gasteiger partial charge is 0.410 e. The van der Waals surface area contributed by atoms with Crippen molar-refractivity contribution < 1.29 is 42.7 Å². The highest BCUT2D eigenvalue weighted by Crippen LogP contribution is 2.25. The number of rotatable bonds is 20. The number of Topliss-reactive ketones (excluding diaryl/α,β-unsaturated/α-hetero) is 1. The number of nitrogens with two attached hydrogens (primary N) is 1. The second-order valence-corrected chi connectivity index (χ2v) is 14.7. The summed E-state index contributed by atoms with van der Waals surface area (Å²) in [6.07, 6.45) is -0.661. The molecule has 16 heteroatoms. The van der Waals surface area contributed by atoms with Crippen LogP contribution in [-0.4, -0.2) is 119 Å². The lowest BCUT2D eigenvalue weighted by Gasteiger charge is -2.29. The minimum atomic E-state index is -1.20. The number of unbranched alkanes of at least 4 members (excludes halogenated alkanes) is 1. The number of aryl methyl sites for hydroxylation is 1. The van der Waals surface area contributed by atoms with E-state index in [2.05, 4.69) is 15.6 Å². The van der Waals surface area contributed by atoms with Crippen LogP contribution in [0, 0.1) is 0 Å². The van der Waals surface area contributed by atoms with Crippen molar-refractivity contribution in [3.63, 3.8) is 0 Å². The van der Waals surface area contributed by atoms with Gasteiger partial charge in [0.05, 0.1) is 12.6 Å². The van der Waals surface area contributed by atoms with Gasteiger partial charge in [-0.05, 0) is 68.8 Å². The van der Waals surface area contributed by atoms with Gasteiger partial charge in [-0.25, -0.2) is 14.6 Å². The second-order valence-electron chi connectivity index (χ2n) is 14.7. The van der Waals surface area contributed by atoms with Crippen LogP contribution in [0.5, 0.6) is 0 Å². The predicted molar refractivity (Wildman–Crippen MR) is 222 cm³/mol. The van der Waals surface area contributed by atoms with Crippen molar-refractivity contribution in [3.8, 4) is 0 Å². The molecule has 1 aromatic heterocycles. The quantitative estimate of drug-likeness (QED) is 0.0838. The van der Waals surface area contributed by atoms with Crippen LogP contribution in [0.1, 0.15) is 67.8 Å². The highest BCUT2D eigenvalue weighted by atomic mass is 16.6. The Morgan fingerprint density at radius 3 is 2.23 bits per heavy atom. The van der Waals surface area contributed by atoms with Crippen LogP contribution in [0.4, 0.5) is 9.59 Å². The molecule has 5 amide bonds. The van der Waals surface area contributed by atoms with Crippen LogP contribution in [-0.2, 0) is 36.9 Å². The number of para-hydroxylation sites is 2. The number of hydrogen-bond acceptors (Lipinski definition) is 11. The van der Waals surface area contributed by atoms with Crippen molar-refractivity contribution in [1.29, 1.82) is 0 Å². The summed E-state index contributed by atoms with van der Waals surface area (Å²) in [5.74, 6) is -2.13. The zero-order valence-electron chi connectivity index (χ0n) is 34.4. The Labute approximate surface area is 349 Å². The highest BCUT2D eigenvalue weighted by molar-refractivity contribution is 6.01. The number of aromatic nitrogens is 1. The van der Waals surface area contributed by atoms with Crippen molar-refractivity contribution in [2.75, 3.05) is 39.8 Å². The number of benzene rings is 3. The minimum Gasteiger partial charge on any atom is -0.445 e. The van der Waals surface area contributed by atoms with Gasteiger partial charge in [0.15, 0.2) is 5.58 Å². The van der Waals surface area contributed by atoms with E-state index < -0.39 is 54.0 Å². The predicted octanol–water partition coefficient (Wildman–Crippen LogP) is 4.46. The first-order valence-corrected chi connectivity index (χ1v) is 20.4. The van der Waals surface area contributed by atoms with Gasteiger partial charge in [0.2, 0.25) is 23.5 Å². The summed E-state index contributed by atoms with van der Waals surface area (Å²) >= 11 is 0. The molecule has 60 heavy (non-hydrogen) atoms. The van der Waals surface area contributed by atoms with E-state index in [1.807, 2.05) is 48.5 Å². The monoisotopic (exact) mass is 825 g/mol. The average Bonchev–Trinajstić information content (AvgIpc) is 3.89. The number of fused-ring (bicyclic) bond motifs is 1. The zero-order valence-corrected chi connectivity index (χ0v) is 34.4. The maximum Gasteiger partial charge on any atom is 0.410 e. The van der Waals surface area contributed by atoms with Gasteiger partial charge in [-0.3, -0.25) is 19.2 Å². The van der Waals surface area contributed by atoms with Crippen LogP contribution in [0.2, 0.25) is 0 Å². The van der Waals surface area contributed by atoms with Crippen LogP contribution in [0.25, 0.3) is 11.1 Å². The Kier molecular flexibility index (Phi) is 16.6. The summed E-state index contributed by atoms with van der Waals surface area (Å²) in [5, 5.41) is 5.57. The summed E-state index contributed by atoms with van der Waals surface area (Å²) < 4.78 is 17.2. The van der Waals surface area contributed by atoms with Gasteiger partial charge < -0.3 is 45.0 Å². The van der Waals surface area contributed by atoms with Gasteiger partial charge in [-0.15, -0.1) is 0 Å². The maximum atomic E-state index is 14.7. The lowest BCUT2D eigenvalue weighted by molar-refractivity contribution is -0.140. The molecule has 0 unspecified atom stereocenters. The Hall–Kier alpha value is -6.29. The van der Waals surface area contributed by atoms with Gasteiger partial charge in [-0.1, -0.05) is 72.8 Å². The van der Waals surface area contributed by atoms with Gasteiger partial charge in [0.25, 0.3) is 5.89 Å². The fraction of sp³-hybridized carbons (Fsp3) is 0.432. The van der Waals surface area contributed by atoms with Gasteiger partial charge in [0.1, 0.15) is 30.3 Å². The van der Waals surface area contributed by atoms with Crippen molar-refractivity contribution in [2.24, 2.45) is 5.73 Å². The summed E-state index contributed by atoms with van der Waals surface area (Å²) in [4.78, 5) is 90.1. The first kappa shape index (κ1) is 44.8. The third kappa shape index (κ3) is 12.6. The molecule has 2 heterocycles. The number of likely N-dealkylation sites (tertiary alicyclic amines) is 1. The van der Waals surface area contributed by atoms with Crippen molar-refractivity contribution in [2.45, 2.75) is 83.2 Å². The van der Waals surface area contributed by atoms with Gasteiger partial charge in [-0.2, -0.15) is 0 Å². The van der Waals surface area contributed by atoms with E-state index in [4.69, 9.17) is 19.6 Å². The number of ether oxygens (including phenoxy) is 2. The number of nitrogens with one attached hydrogen (secondary N) is 2. The molecule has 0 spiro atoms. The highest BCUT2D eigenvalue weighted by Gasteiger charge is 2.45. The van der Waals surface area contributed by atoms with Crippen LogP contribution < -0.4 is 16.4 Å². The molecule has 0 bridgehead atoms. The molecule has 3 aromatic carbocycles. The van der Waals surface area contributed by atoms with Crippen LogP contribution in [0.15, 0.2) is 89.3 Å². The van der Waals surface area contributed by atoms with E-state index in [1.54, 1.807) is 50.4 Å². The number of alkyl carbamates (subject to hydrolysis) is 1. The summed E-state index contributed by atoms with van der Waals surface area (Å²) in [7, 11) is 1.63. The molecule has 1 aliphatic heterocycles. The summed E-state index contributed by atoms with van der Waals surface area (Å²) in [5.41, 5.74) is 8.33. The average molecular weight is 826 g/mol. The number of oxazole rings is 1. The summed E-state index contributed by atoms with van der Waals surface area (Å²) in [6.45, 7) is 4.12. The molecule has 1 saturated heterocycles. The number of likely N-dealkylation sites (N-methyl/N-ethyl adjacent to an activating group) is 2. The van der Waals surface area contributed by atoms with Crippen molar-refractivity contribution in [1.82, 2.24) is 30.3 Å². The minimum absolute atomic E-state index is 0.0329. The van der Waals surface area contributed by atoms with E-state index in [9.17, 15) is 28.8 Å². The fourth-order valence-electron chi connectivity index (χ4n) is 6.88. The maximum absolute atomic E-state index is 14.7. The lowest BCUT2D eigenvalue weighted by atomic mass is 10.0. The number of carbonyl (C=O) groups excluding carboxylic acids is 6. The Balaban J connectivity index is 1.40.